The Balaban J connectivity index is 1.80. The van der Waals surface area contributed by atoms with Crippen molar-refractivity contribution >= 4 is 22.4 Å². The molecule has 23 heavy (non-hydrogen) atoms. The van der Waals surface area contributed by atoms with Crippen molar-refractivity contribution in [1.82, 2.24) is 14.8 Å². The van der Waals surface area contributed by atoms with E-state index >= 15 is 0 Å². The van der Waals surface area contributed by atoms with Crippen LogP contribution in [0.4, 0.5) is 5.69 Å². The molecule has 0 aliphatic carbocycles. The summed E-state index contributed by atoms with van der Waals surface area (Å²) < 4.78 is 1.69. The lowest BCUT2D eigenvalue weighted by Crippen LogP contribution is -2.32. The van der Waals surface area contributed by atoms with Crippen LogP contribution in [0.2, 0.25) is 0 Å². The Hall–Kier alpha value is -2.69. The second-order valence-corrected chi connectivity index (χ2v) is 5.89. The maximum absolute atomic E-state index is 12.7. The van der Waals surface area contributed by atoms with Crippen molar-refractivity contribution in [3.63, 3.8) is 0 Å². The van der Waals surface area contributed by atoms with Gasteiger partial charge in [0.1, 0.15) is 0 Å². The van der Waals surface area contributed by atoms with Crippen LogP contribution in [0.3, 0.4) is 0 Å². The topological polar surface area (TPSA) is 51.0 Å². The van der Waals surface area contributed by atoms with E-state index < -0.39 is 0 Å². The third kappa shape index (κ3) is 3.08. The van der Waals surface area contributed by atoms with Crippen LogP contribution in [-0.4, -0.2) is 27.7 Å². The van der Waals surface area contributed by atoms with Crippen molar-refractivity contribution in [3.05, 3.63) is 54.6 Å². The molecule has 5 heteroatoms. The number of benzene rings is 1. The number of hydrogen-bond acceptors (Lipinski definition) is 3. The quantitative estimate of drug-likeness (QED) is 0.744. The number of nitrogens with zero attached hydrogens (tertiary/aromatic N) is 4. The summed E-state index contributed by atoms with van der Waals surface area (Å²) in [5.41, 5.74) is 1.91. The standard InChI is InChI=1S/C18H20N4O/c1-13(18(23)22(3)16-11-20-21(2)12-16)8-15-10-19-9-14-6-4-5-7-17(14)15/h4-7,9-13H,8H2,1-3H3. The van der Waals surface area contributed by atoms with Gasteiger partial charge >= 0.3 is 0 Å². The Labute approximate surface area is 135 Å². The molecule has 1 atom stereocenters. The zero-order chi connectivity index (χ0) is 16.4. The van der Waals surface area contributed by atoms with E-state index in [4.69, 9.17) is 0 Å². The lowest BCUT2D eigenvalue weighted by atomic mass is 9.97. The number of hydrogen-bond donors (Lipinski definition) is 0. The molecule has 1 amide bonds. The first-order valence-electron chi connectivity index (χ1n) is 7.64. The third-order valence-electron chi connectivity index (χ3n) is 4.11. The zero-order valence-electron chi connectivity index (χ0n) is 13.6. The number of rotatable bonds is 4. The minimum Gasteiger partial charge on any atom is -0.312 e. The van der Waals surface area contributed by atoms with Gasteiger partial charge in [0.05, 0.1) is 11.9 Å². The van der Waals surface area contributed by atoms with Crippen LogP contribution >= 0.6 is 0 Å². The van der Waals surface area contributed by atoms with Crippen molar-refractivity contribution in [3.8, 4) is 0 Å². The minimum atomic E-state index is -0.132. The zero-order valence-corrected chi connectivity index (χ0v) is 13.6. The van der Waals surface area contributed by atoms with Gasteiger partial charge in [-0.15, -0.1) is 0 Å². The molecule has 1 aromatic carbocycles. The Morgan fingerprint density at radius 2 is 2.04 bits per heavy atom. The molecule has 0 aliphatic rings. The first-order valence-corrected chi connectivity index (χ1v) is 7.64. The first-order chi connectivity index (χ1) is 11.1. The maximum atomic E-state index is 12.7. The molecular weight excluding hydrogens is 288 g/mol. The van der Waals surface area contributed by atoms with Gasteiger partial charge in [0.25, 0.3) is 0 Å². The lowest BCUT2D eigenvalue weighted by Gasteiger charge is -2.20. The molecule has 0 saturated heterocycles. The number of amides is 1. The Morgan fingerprint density at radius 3 is 2.78 bits per heavy atom. The van der Waals surface area contributed by atoms with E-state index in [9.17, 15) is 4.79 Å². The van der Waals surface area contributed by atoms with E-state index in [0.717, 1.165) is 22.0 Å². The van der Waals surface area contributed by atoms with Crippen LogP contribution in [0.15, 0.2) is 49.1 Å². The third-order valence-corrected chi connectivity index (χ3v) is 4.11. The molecule has 0 N–H and O–H groups in total. The second-order valence-electron chi connectivity index (χ2n) is 5.89. The van der Waals surface area contributed by atoms with E-state index in [2.05, 4.69) is 16.1 Å². The van der Waals surface area contributed by atoms with E-state index in [1.807, 2.05) is 50.8 Å². The molecule has 0 aliphatic heterocycles. The van der Waals surface area contributed by atoms with E-state index in [0.29, 0.717) is 6.42 Å². The maximum Gasteiger partial charge on any atom is 0.229 e. The van der Waals surface area contributed by atoms with E-state index in [-0.39, 0.29) is 11.8 Å². The molecular formula is C18H20N4O. The van der Waals surface area contributed by atoms with Crippen molar-refractivity contribution in [2.45, 2.75) is 13.3 Å². The number of fused-ring (bicyclic) bond motifs is 1. The molecule has 2 aromatic heterocycles. The van der Waals surface area contributed by atoms with Gasteiger partial charge in [0.2, 0.25) is 5.91 Å². The largest absolute Gasteiger partial charge is 0.312 e. The van der Waals surface area contributed by atoms with Crippen LogP contribution in [0.25, 0.3) is 10.8 Å². The van der Waals surface area contributed by atoms with Crippen LogP contribution in [-0.2, 0) is 18.3 Å². The molecule has 118 valence electrons. The number of aryl methyl sites for hydroxylation is 1. The molecule has 0 fully saturated rings. The van der Waals surface area contributed by atoms with Crippen molar-refractivity contribution in [2.75, 3.05) is 11.9 Å². The highest BCUT2D eigenvalue weighted by Gasteiger charge is 2.20. The molecule has 3 aromatic rings. The summed E-state index contributed by atoms with van der Waals surface area (Å²) >= 11 is 0. The summed E-state index contributed by atoms with van der Waals surface area (Å²) in [4.78, 5) is 18.6. The Kier molecular flexibility index (Phi) is 4.10. The summed E-state index contributed by atoms with van der Waals surface area (Å²) in [6.07, 6.45) is 7.91. The van der Waals surface area contributed by atoms with Gasteiger partial charge in [-0.1, -0.05) is 31.2 Å². The van der Waals surface area contributed by atoms with Gasteiger partial charge < -0.3 is 4.90 Å². The molecule has 0 spiro atoms. The van der Waals surface area contributed by atoms with Crippen LogP contribution in [0.5, 0.6) is 0 Å². The van der Waals surface area contributed by atoms with Gasteiger partial charge in [-0.25, -0.2) is 0 Å². The van der Waals surface area contributed by atoms with E-state index in [1.54, 1.807) is 22.8 Å². The Morgan fingerprint density at radius 1 is 1.26 bits per heavy atom. The highest BCUT2D eigenvalue weighted by molar-refractivity contribution is 5.94. The number of carbonyl (C=O) groups is 1. The van der Waals surface area contributed by atoms with Gasteiger partial charge in [-0.3, -0.25) is 14.5 Å². The highest BCUT2D eigenvalue weighted by atomic mass is 16.2. The van der Waals surface area contributed by atoms with Crippen LogP contribution < -0.4 is 4.90 Å². The second kappa shape index (κ2) is 6.20. The normalized spacial score (nSPS) is 12.3. The van der Waals surface area contributed by atoms with E-state index in [1.165, 1.54) is 0 Å². The fraction of sp³-hybridized carbons (Fsp3) is 0.278. The summed E-state index contributed by atoms with van der Waals surface area (Å²) in [7, 11) is 3.63. The molecule has 3 rings (SSSR count). The summed E-state index contributed by atoms with van der Waals surface area (Å²) in [6.45, 7) is 1.96. The molecule has 5 nitrogen and oxygen atoms in total. The van der Waals surface area contributed by atoms with Crippen molar-refractivity contribution < 1.29 is 4.79 Å². The molecule has 0 radical (unpaired) electrons. The van der Waals surface area contributed by atoms with Gasteiger partial charge in [0, 0.05) is 44.0 Å². The molecule has 1 unspecified atom stereocenters. The number of pyridine rings is 1. The average molecular weight is 308 g/mol. The van der Waals surface area contributed by atoms with Gasteiger partial charge in [-0.2, -0.15) is 5.10 Å². The average Bonchev–Trinajstić information content (AvgIpc) is 3.00. The smallest absolute Gasteiger partial charge is 0.229 e. The number of carbonyl (C=O) groups excluding carboxylic acids is 1. The summed E-state index contributed by atoms with van der Waals surface area (Å²) in [5.74, 6) is -0.0567. The SMILES string of the molecule is CC(Cc1cncc2ccccc12)C(=O)N(C)c1cnn(C)c1. The lowest BCUT2D eigenvalue weighted by molar-refractivity contribution is -0.121. The van der Waals surface area contributed by atoms with Crippen molar-refractivity contribution in [1.29, 1.82) is 0 Å². The van der Waals surface area contributed by atoms with Crippen molar-refractivity contribution in [2.24, 2.45) is 13.0 Å². The predicted octanol–water partition coefficient (Wildman–Crippen LogP) is 2.81. The molecule has 0 bridgehead atoms. The highest BCUT2D eigenvalue weighted by Crippen LogP contribution is 2.22. The first kappa shape index (κ1) is 15.2. The predicted molar refractivity (Wildman–Crippen MR) is 91.2 cm³/mol. The molecule has 0 saturated carbocycles. The summed E-state index contributed by atoms with van der Waals surface area (Å²) in [6, 6.07) is 8.13. The van der Waals surface area contributed by atoms with Crippen LogP contribution in [0.1, 0.15) is 12.5 Å². The molecule has 2 heterocycles. The Bertz CT molecular complexity index is 834. The minimum absolute atomic E-state index is 0.0749. The number of aromatic nitrogens is 3. The van der Waals surface area contributed by atoms with Gasteiger partial charge in [-0.05, 0) is 17.4 Å². The van der Waals surface area contributed by atoms with Crippen LogP contribution in [0, 0.1) is 5.92 Å². The monoisotopic (exact) mass is 308 g/mol. The fourth-order valence-electron chi connectivity index (χ4n) is 2.80. The fourth-order valence-corrected chi connectivity index (χ4v) is 2.80. The summed E-state index contributed by atoms with van der Waals surface area (Å²) in [5, 5.41) is 6.38. The number of anilines is 1. The van der Waals surface area contributed by atoms with Gasteiger partial charge in [0.15, 0.2) is 0 Å².